The van der Waals surface area contributed by atoms with Gasteiger partial charge in [-0.1, -0.05) is 42.5 Å². The van der Waals surface area contributed by atoms with Crippen LogP contribution in [0.1, 0.15) is 39.7 Å². The smallest absolute Gasteiger partial charge is 0.410 e. The Morgan fingerprint density at radius 2 is 1.92 bits per heavy atom. The fraction of sp³-hybridized carbons (Fsp3) is 0.524. The summed E-state index contributed by atoms with van der Waals surface area (Å²) in [6, 6.07) is 9.64. The zero-order valence-corrected chi connectivity index (χ0v) is 16.1. The number of rotatable bonds is 4. The van der Waals surface area contributed by atoms with Crippen molar-refractivity contribution in [2.75, 3.05) is 13.1 Å². The van der Waals surface area contributed by atoms with Crippen LogP contribution in [0, 0.1) is 11.8 Å². The molecule has 1 aliphatic rings. The van der Waals surface area contributed by atoms with E-state index >= 15 is 0 Å². The third-order valence-electron chi connectivity index (χ3n) is 4.28. The normalized spacial score (nSPS) is 20.8. The van der Waals surface area contributed by atoms with E-state index in [1.165, 1.54) is 0 Å². The number of likely N-dealkylation sites (tertiary alicyclic amines) is 1. The van der Waals surface area contributed by atoms with E-state index in [2.05, 4.69) is 0 Å². The van der Waals surface area contributed by atoms with Gasteiger partial charge in [-0.25, -0.2) is 4.79 Å². The molecule has 1 saturated heterocycles. The molecule has 1 aliphatic heterocycles. The molecule has 1 fully saturated rings. The fourth-order valence-electron chi connectivity index (χ4n) is 3.04. The lowest BCUT2D eigenvalue weighted by atomic mass is 9.85. The summed E-state index contributed by atoms with van der Waals surface area (Å²) in [7, 11) is 0. The van der Waals surface area contributed by atoms with Crippen LogP contribution in [0.3, 0.4) is 0 Å². The number of esters is 1. The highest BCUT2D eigenvalue weighted by molar-refractivity contribution is 5.74. The molecule has 2 rings (SSSR count). The van der Waals surface area contributed by atoms with Crippen molar-refractivity contribution in [3.8, 4) is 0 Å². The molecule has 5 nitrogen and oxygen atoms in total. The number of carbonyl (C=O) groups is 2. The zero-order chi connectivity index (χ0) is 19.2. The molecule has 0 spiro atoms. The number of hydrogen-bond acceptors (Lipinski definition) is 4. The van der Waals surface area contributed by atoms with Gasteiger partial charge in [0.15, 0.2) is 0 Å². The zero-order valence-electron chi connectivity index (χ0n) is 16.1. The van der Waals surface area contributed by atoms with Crippen molar-refractivity contribution < 1.29 is 19.1 Å². The Hall–Kier alpha value is -2.30. The van der Waals surface area contributed by atoms with Crippen LogP contribution in [0.5, 0.6) is 0 Å². The predicted molar refractivity (Wildman–Crippen MR) is 100 cm³/mol. The minimum atomic E-state index is -0.529. The number of ether oxygens (including phenoxy) is 2. The highest BCUT2D eigenvalue weighted by atomic mass is 16.6. The molecule has 2 atom stereocenters. The number of piperidine rings is 1. The largest absolute Gasteiger partial charge is 0.461 e. The Morgan fingerprint density at radius 3 is 2.54 bits per heavy atom. The minimum absolute atomic E-state index is 0.0652. The van der Waals surface area contributed by atoms with Crippen molar-refractivity contribution in [2.45, 2.75) is 46.3 Å². The van der Waals surface area contributed by atoms with Crippen molar-refractivity contribution in [3.63, 3.8) is 0 Å². The van der Waals surface area contributed by atoms with Gasteiger partial charge in [0.2, 0.25) is 0 Å². The van der Waals surface area contributed by atoms with E-state index < -0.39 is 5.60 Å². The number of amides is 1. The summed E-state index contributed by atoms with van der Waals surface area (Å²) in [5.74, 6) is -0.515. The average Bonchev–Trinajstić information content (AvgIpc) is 2.59. The maximum Gasteiger partial charge on any atom is 0.410 e. The van der Waals surface area contributed by atoms with Crippen molar-refractivity contribution in [1.29, 1.82) is 0 Å². The van der Waals surface area contributed by atoms with Gasteiger partial charge in [-0.2, -0.15) is 0 Å². The van der Waals surface area contributed by atoms with Gasteiger partial charge in [0.25, 0.3) is 0 Å². The molecule has 1 aromatic rings. The van der Waals surface area contributed by atoms with Gasteiger partial charge in [-0.05, 0) is 39.7 Å². The fourth-order valence-corrected chi connectivity index (χ4v) is 3.04. The summed E-state index contributed by atoms with van der Waals surface area (Å²) in [6.07, 6.45) is 4.14. The number of nitrogens with zero attached hydrogens (tertiary/aromatic N) is 1. The molecular formula is C21H29NO4. The molecule has 1 aromatic carbocycles. The molecule has 142 valence electrons. The van der Waals surface area contributed by atoms with Gasteiger partial charge in [0.05, 0.1) is 5.92 Å². The van der Waals surface area contributed by atoms with Gasteiger partial charge in [-0.15, -0.1) is 0 Å². The lowest BCUT2D eigenvalue weighted by molar-refractivity contribution is -0.153. The molecule has 1 amide bonds. The van der Waals surface area contributed by atoms with Crippen LogP contribution >= 0.6 is 0 Å². The van der Waals surface area contributed by atoms with Crippen LogP contribution in [0.25, 0.3) is 0 Å². The van der Waals surface area contributed by atoms with Crippen LogP contribution in [0.4, 0.5) is 4.79 Å². The van der Waals surface area contributed by atoms with Crippen LogP contribution < -0.4 is 0 Å². The van der Waals surface area contributed by atoms with Crippen LogP contribution in [-0.4, -0.2) is 35.7 Å². The standard InChI is InChI=1S/C21H29NO4/c1-5-9-17-14-22(20(24)26-21(2,3)4)13-12-18(17)19(23)25-15-16-10-7-6-8-11-16/h5-11,17-18H,12-15H2,1-4H3/b9-5-. The second kappa shape index (κ2) is 8.88. The lowest BCUT2D eigenvalue weighted by Crippen LogP contribution is -2.47. The summed E-state index contributed by atoms with van der Waals surface area (Å²) in [5.41, 5.74) is 0.438. The van der Waals surface area contributed by atoms with E-state index in [9.17, 15) is 9.59 Å². The molecule has 0 aromatic heterocycles. The monoisotopic (exact) mass is 359 g/mol. The molecule has 0 N–H and O–H groups in total. The minimum Gasteiger partial charge on any atom is -0.461 e. The number of allylic oxidation sites excluding steroid dienone is 1. The highest BCUT2D eigenvalue weighted by Gasteiger charge is 2.36. The number of benzene rings is 1. The molecule has 0 aliphatic carbocycles. The molecule has 0 bridgehead atoms. The highest BCUT2D eigenvalue weighted by Crippen LogP contribution is 2.27. The lowest BCUT2D eigenvalue weighted by Gasteiger charge is -2.36. The Labute approximate surface area is 156 Å². The Morgan fingerprint density at radius 1 is 1.23 bits per heavy atom. The SMILES string of the molecule is C/C=C\C1CN(C(=O)OC(C)(C)C)CCC1C(=O)OCc1ccccc1. The molecule has 26 heavy (non-hydrogen) atoms. The molecular weight excluding hydrogens is 330 g/mol. The first-order valence-electron chi connectivity index (χ1n) is 9.11. The first kappa shape index (κ1) is 20.0. The van der Waals surface area contributed by atoms with Gasteiger partial charge in [0, 0.05) is 19.0 Å². The van der Waals surface area contributed by atoms with Crippen molar-refractivity contribution in [2.24, 2.45) is 11.8 Å². The van der Waals surface area contributed by atoms with Crippen molar-refractivity contribution >= 4 is 12.1 Å². The van der Waals surface area contributed by atoms with Crippen molar-refractivity contribution in [1.82, 2.24) is 4.90 Å². The van der Waals surface area contributed by atoms with Crippen LogP contribution in [0.2, 0.25) is 0 Å². The summed E-state index contributed by atoms with van der Waals surface area (Å²) in [5, 5.41) is 0. The first-order valence-corrected chi connectivity index (χ1v) is 9.11. The predicted octanol–water partition coefficient (Wildman–Crippen LogP) is 4.18. The molecule has 0 radical (unpaired) electrons. The summed E-state index contributed by atoms with van der Waals surface area (Å²) in [4.78, 5) is 26.6. The second-order valence-corrected chi connectivity index (χ2v) is 7.60. The van der Waals surface area contributed by atoms with Crippen LogP contribution in [0.15, 0.2) is 42.5 Å². The van der Waals surface area contributed by atoms with E-state index in [-0.39, 0.29) is 30.5 Å². The average molecular weight is 359 g/mol. The Balaban J connectivity index is 1.97. The molecule has 2 unspecified atom stereocenters. The Bertz CT molecular complexity index is 633. The maximum absolute atomic E-state index is 12.6. The molecule has 5 heteroatoms. The van der Waals surface area contributed by atoms with Gasteiger partial charge in [-0.3, -0.25) is 4.79 Å². The van der Waals surface area contributed by atoms with Crippen LogP contribution in [-0.2, 0) is 20.9 Å². The summed E-state index contributed by atoms with van der Waals surface area (Å²) >= 11 is 0. The quantitative estimate of drug-likeness (QED) is 0.598. The van der Waals surface area contributed by atoms with Gasteiger partial charge >= 0.3 is 12.1 Å². The molecule has 0 saturated carbocycles. The third kappa shape index (κ3) is 5.90. The van der Waals surface area contributed by atoms with Crippen molar-refractivity contribution in [3.05, 3.63) is 48.0 Å². The van der Waals surface area contributed by atoms with E-state index in [0.717, 1.165) is 5.56 Å². The number of carbonyl (C=O) groups excluding carboxylic acids is 2. The van der Waals surface area contributed by atoms with E-state index in [0.29, 0.717) is 19.5 Å². The third-order valence-corrected chi connectivity index (χ3v) is 4.28. The Kier molecular flexibility index (Phi) is 6.83. The topological polar surface area (TPSA) is 55.8 Å². The first-order chi connectivity index (χ1) is 12.3. The van der Waals surface area contributed by atoms with Gasteiger partial charge in [0.1, 0.15) is 12.2 Å². The number of hydrogen-bond donors (Lipinski definition) is 0. The maximum atomic E-state index is 12.6. The summed E-state index contributed by atoms with van der Waals surface area (Å²) in [6.45, 7) is 8.69. The second-order valence-electron chi connectivity index (χ2n) is 7.60. The van der Waals surface area contributed by atoms with Gasteiger partial charge < -0.3 is 14.4 Å². The van der Waals surface area contributed by atoms with E-state index in [4.69, 9.17) is 9.47 Å². The molecule has 1 heterocycles. The van der Waals surface area contributed by atoms with E-state index in [1.807, 2.05) is 70.2 Å². The summed E-state index contributed by atoms with van der Waals surface area (Å²) < 4.78 is 11.0. The van der Waals surface area contributed by atoms with E-state index in [1.54, 1.807) is 4.90 Å².